The fraction of sp³-hybridized carbons (Fsp3) is 0.385. The number of rotatable bonds is 1. The van der Waals surface area contributed by atoms with E-state index in [-0.39, 0.29) is 4.90 Å². The van der Waals surface area contributed by atoms with Gasteiger partial charge in [0.1, 0.15) is 5.60 Å². The van der Waals surface area contributed by atoms with E-state index in [4.69, 9.17) is 9.84 Å². The molecule has 22 heavy (non-hydrogen) atoms. The first-order valence-corrected chi connectivity index (χ1v) is 5.96. The molecule has 0 radical (unpaired) electrons. The van der Waals surface area contributed by atoms with Crippen molar-refractivity contribution < 1.29 is 37.0 Å². The van der Waals surface area contributed by atoms with Crippen molar-refractivity contribution >= 4 is 17.9 Å². The van der Waals surface area contributed by atoms with Crippen LogP contribution in [0.4, 0.5) is 32.8 Å². The lowest BCUT2D eigenvalue weighted by molar-refractivity contribution is -0.139. The molecule has 0 aliphatic carbocycles. The van der Waals surface area contributed by atoms with Crippen LogP contribution in [0, 0.1) is 5.82 Å². The molecule has 1 aromatic rings. The summed E-state index contributed by atoms with van der Waals surface area (Å²) in [5.41, 5.74) is -3.85. The standard InChI is InChI=1S/C13H13F4NO4/c1-12(2,3)22-11(21)18(10(19)20)8-6-4-5-7(9(8)14)13(15,16)17/h4-6H,1-3H3,(H,19,20). The van der Waals surface area contributed by atoms with Crippen LogP contribution >= 0.6 is 0 Å². The summed E-state index contributed by atoms with van der Waals surface area (Å²) >= 11 is 0. The highest BCUT2D eigenvalue weighted by Crippen LogP contribution is 2.35. The fourth-order valence-electron chi connectivity index (χ4n) is 1.50. The maximum atomic E-state index is 13.9. The molecular formula is C13H13F4NO4. The van der Waals surface area contributed by atoms with Crippen LogP contribution in [0.15, 0.2) is 18.2 Å². The van der Waals surface area contributed by atoms with E-state index in [9.17, 15) is 27.2 Å². The van der Waals surface area contributed by atoms with Crippen molar-refractivity contribution in [2.75, 3.05) is 4.90 Å². The van der Waals surface area contributed by atoms with Gasteiger partial charge in [0.2, 0.25) is 0 Å². The highest BCUT2D eigenvalue weighted by Gasteiger charge is 2.38. The van der Waals surface area contributed by atoms with Crippen molar-refractivity contribution in [3.8, 4) is 0 Å². The molecule has 1 N–H and O–H groups in total. The third-order valence-electron chi connectivity index (χ3n) is 2.29. The Morgan fingerprint density at radius 2 is 1.73 bits per heavy atom. The molecule has 5 nitrogen and oxygen atoms in total. The number of hydrogen-bond donors (Lipinski definition) is 1. The summed E-state index contributed by atoms with van der Waals surface area (Å²) in [5.74, 6) is -1.87. The van der Waals surface area contributed by atoms with Crippen LogP contribution in [0.1, 0.15) is 26.3 Å². The largest absolute Gasteiger partial charge is 0.464 e. The molecule has 1 aromatic carbocycles. The summed E-state index contributed by atoms with van der Waals surface area (Å²) in [6.45, 7) is 4.27. The zero-order valence-corrected chi connectivity index (χ0v) is 11.9. The van der Waals surface area contributed by atoms with Crippen LogP contribution in [0.5, 0.6) is 0 Å². The summed E-state index contributed by atoms with van der Waals surface area (Å²) in [4.78, 5) is 22.7. The van der Waals surface area contributed by atoms with Crippen LogP contribution in [0.3, 0.4) is 0 Å². The second-order valence-corrected chi connectivity index (χ2v) is 5.23. The molecular weight excluding hydrogens is 310 g/mol. The Hall–Kier alpha value is -2.32. The highest BCUT2D eigenvalue weighted by atomic mass is 19.4. The average molecular weight is 323 g/mol. The van der Waals surface area contributed by atoms with Crippen LogP contribution in [0.25, 0.3) is 0 Å². The lowest BCUT2D eigenvalue weighted by atomic mass is 10.1. The fourth-order valence-corrected chi connectivity index (χ4v) is 1.50. The smallest absolute Gasteiger partial charge is 0.424 e. The third-order valence-corrected chi connectivity index (χ3v) is 2.29. The van der Waals surface area contributed by atoms with E-state index in [0.29, 0.717) is 6.07 Å². The van der Waals surface area contributed by atoms with E-state index in [2.05, 4.69) is 0 Å². The molecule has 0 saturated carbocycles. The van der Waals surface area contributed by atoms with Crippen molar-refractivity contribution in [2.45, 2.75) is 32.5 Å². The number of imide groups is 1. The van der Waals surface area contributed by atoms with Crippen LogP contribution in [-0.2, 0) is 10.9 Å². The number of carbonyl (C=O) groups is 2. The van der Waals surface area contributed by atoms with Crippen molar-refractivity contribution in [3.05, 3.63) is 29.6 Å². The number of hydrogen-bond acceptors (Lipinski definition) is 3. The number of amides is 2. The average Bonchev–Trinajstić information content (AvgIpc) is 2.27. The van der Waals surface area contributed by atoms with Gasteiger partial charge < -0.3 is 9.84 Å². The predicted octanol–water partition coefficient (Wildman–Crippen LogP) is 4.26. The van der Waals surface area contributed by atoms with E-state index in [1.54, 1.807) is 0 Å². The summed E-state index contributed by atoms with van der Waals surface area (Å²) in [6.07, 6.45) is -8.50. The number of nitrogens with zero attached hydrogens (tertiary/aromatic N) is 1. The zero-order valence-electron chi connectivity index (χ0n) is 11.9. The Morgan fingerprint density at radius 3 is 2.14 bits per heavy atom. The number of alkyl halides is 3. The lowest BCUT2D eigenvalue weighted by Gasteiger charge is -2.25. The monoisotopic (exact) mass is 323 g/mol. The topological polar surface area (TPSA) is 66.8 Å². The molecule has 0 aliphatic rings. The van der Waals surface area contributed by atoms with Crippen molar-refractivity contribution in [1.82, 2.24) is 0 Å². The van der Waals surface area contributed by atoms with Gasteiger partial charge in [0.25, 0.3) is 0 Å². The molecule has 9 heteroatoms. The maximum Gasteiger partial charge on any atom is 0.424 e. The van der Waals surface area contributed by atoms with E-state index < -0.39 is 41.0 Å². The van der Waals surface area contributed by atoms with Gasteiger partial charge in [-0.3, -0.25) is 0 Å². The predicted molar refractivity (Wildman–Crippen MR) is 68.1 cm³/mol. The van der Waals surface area contributed by atoms with Gasteiger partial charge in [-0.2, -0.15) is 18.1 Å². The Kier molecular flexibility index (Phi) is 4.69. The Balaban J connectivity index is 3.35. The molecule has 1 rings (SSSR count). The number of benzene rings is 1. The highest BCUT2D eigenvalue weighted by molar-refractivity contribution is 6.08. The van der Waals surface area contributed by atoms with Gasteiger partial charge >= 0.3 is 18.4 Å². The molecule has 0 heterocycles. The minimum Gasteiger partial charge on any atom is -0.464 e. The normalized spacial score (nSPS) is 12.0. The Bertz CT molecular complexity index is 593. The van der Waals surface area contributed by atoms with Crippen LogP contribution in [0.2, 0.25) is 0 Å². The number of carboxylic acid groups (broad SMARTS) is 1. The SMILES string of the molecule is CC(C)(C)OC(=O)N(C(=O)O)c1cccc(C(F)(F)F)c1F. The molecule has 0 unspecified atom stereocenters. The van der Waals surface area contributed by atoms with Crippen molar-refractivity contribution in [3.63, 3.8) is 0 Å². The first kappa shape index (κ1) is 17.7. The molecule has 0 aliphatic heterocycles. The van der Waals surface area contributed by atoms with E-state index >= 15 is 0 Å². The van der Waals surface area contributed by atoms with Gasteiger partial charge in [0.05, 0.1) is 11.3 Å². The van der Waals surface area contributed by atoms with Gasteiger partial charge in [-0.25, -0.2) is 14.0 Å². The van der Waals surface area contributed by atoms with Crippen molar-refractivity contribution in [2.24, 2.45) is 0 Å². The van der Waals surface area contributed by atoms with E-state index in [1.807, 2.05) is 0 Å². The van der Waals surface area contributed by atoms with E-state index in [0.717, 1.165) is 12.1 Å². The van der Waals surface area contributed by atoms with Gasteiger partial charge in [-0.05, 0) is 32.9 Å². The Morgan fingerprint density at radius 1 is 1.18 bits per heavy atom. The summed E-state index contributed by atoms with van der Waals surface area (Å²) < 4.78 is 56.6. The van der Waals surface area contributed by atoms with Crippen LogP contribution < -0.4 is 4.90 Å². The molecule has 0 bridgehead atoms. The molecule has 2 amide bonds. The molecule has 0 spiro atoms. The van der Waals surface area contributed by atoms with E-state index in [1.165, 1.54) is 20.8 Å². The number of halogens is 4. The van der Waals surface area contributed by atoms with Gasteiger partial charge in [0.15, 0.2) is 5.82 Å². The van der Waals surface area contributed by atoms with Crippen molar-refractivity contribution in [1.29, 1.82) is 0 Å². The molecule has 0 aromatic heterocycles. The lowest BCUT2D eigenvalue weighted by Crippen LogP contribution is -2.41. The number of anilines is 1. The zero-order chi connectivity index (χ0) is 17.3. The second kappa shape index (κ2) is 5.82. The molecule has 0 saturated heterocycles. The maximum absolute atomic E-state index is 13.9. The summed E-state index contributed by atoms with van der Waals surface area (Å²) in [7, 11) is 0. The first-order chi connectivity index (χ1) is 9.84. The summed E-state index contributed by atoms with van der Waals surface area (Å²) in [6, 6.07) is 1.97. The third kappa shape index (κ3) is 4.09. The van der Waals surface area contributed by atoms with Crippen LogP contribution in [-0.4, -0.2) is 22.9 Å². The minimum absolute atomic E-state index is 0.212. The van der Waals surface area contributed by atoms with Gasteiger partial charge in [-0.1, -0.05) is 6.07 Å². The Labute approximate surface area is 123 Å². The van der Waals surface area contributed by atoms with Gasteiger partial charge in [-0.15, -0.1) is 0 Å². The summed E-state index contributed by atoms with van der Waals surface area (Å²) in [5, 5.41) is 8.99. The minimum atomic E-state index is -5.03. The molecule has 0 fully saturated rings. The number of carbonyl (C=O) groups excluding carboxylic acids is 1. The van der Waals surface area contributed by atoms with Gasteiger partial charge in [0, 0.05) is 0 Å². The second-order valence-electron chi connectivity index (χ2n) is 5.23. The molecule has 122 valence electrons. The molecule has 0 atom stereocenters. The quantitative estimate of drug-likeness (QED) is 0.784. The first-order valence-electron chi connectivity index (χ1n) is 5.96. The number of ether oxygens (including phenoxy) is 1.